The number of phenols is 1. The van der Waals surface area contributed by atoms with E-state index in [4.69, 9.17) is 9.47 Å². The number of aromatic hydroxyl groups is 1. The second-order valence-corrected chi connectivity index (χ2v) is 4.43. The van der Waals surface area contributed by atoms with Crippen molar-refractivity contribution in [3.63, 3.8) is 0 Å². The Morgan fingerprint density at radius 1 is 0.524 bits per heavy atom. The fraction of sp³-hybridized carbons (Fsp3) is 0. The second kappa shape index (κ2) is 6.01. The molecule has 0 bridgehead atoms. The van der Waals surface area contributed by atoms with E-state index in [0.717, 1.165) is 0 Å². The highest BCUT2D eigenvalue weighted by molar-refractivity contribution is 5.52. The van der Waals surface area contributed by atoms with Crippen LogP contribution in [0.25, 0.3) is 0 Å². The maximum absolute atomic E-state index is 10.3. The van der Waals surface area contributed by atoms with Crippen LogP contribution in [0.1, 0.15) is 0 Å². The molecule has 21 heavy (non-hydrogen) atoms. The van der Waals surface area contributed by atoms with Crippen LogP contribution in [0, 0.1) is 0 Å². The predicted molar refractivity (Wildman–Crippen MR) is 81.1 cm³/mol. The summed E-state index contributed by atoms with van der Waals surface area (Å²) in [7, 11) is 0. The number of ether oxygens (including phenoxy) is 2. The molecule has 3 heteroatoms. The lowest BCUT2D eigenvalue weighted by Gasteiger charge is -2.11. The summed E-state index contributed by atoms with van der Waals surface area (Å²) in [5, 5.41) is 10.3. The second-order valence-electron chi connectivity index (χ2n) is 4.43. The van der Waals surface area contributed by atoms with Crippen molar-refractivity contribution in [2.45, 2.75) is 0 Å². The van der Waals surface area contributed by atoms with Gasteiger partial charge >= 0.3 is 0 Å². The van der Waals surface area contributed by atoms with Crippen LogP contribution < -0.4 is 9.47 Å². The molecule has 0 aliphatic heterocycles. The number of phenolic OH excluding ortho intramolecular Hbond substituents is 1. The van der Waals surface area contributed by atoms with Crippen molar-refractivity contribution in [3.05, 3.63) is 78.9 Å². The van der Waals surface area contributed by atoms with Crippen LogP contribution in [0.2, 0.25) is 0 Å². The van der Waals surface area contributed by atoms with Crippen molar-refractivity contribution < 1.29 is 14.6 Å². The first-order valence-corrected chi connectivity index (χ1v) is 6.61. The zero-order valence-electron chi connectivity index (χ0n) is 11.3. The number of hydrogen-bond donors (Lipinski definition) is 1. The third kappa shape index (κ3) is 3.15. The molecule has 0 radical (unpaired) electrons. The summed E-state index contributed by atoms with van der Waals surface area (Å²) >= 11 is 0. The van der Waals surface area contributed by atoms with Crippen LogP contribution in [0.4, 0.5) is 0 Å². The van der Waals surface area contributed by atoms with Gasteiger partial charge in [-0.1, -0.05) is 42.5 Å². The Kier molecular flexibility index (Phi) is 3.74. The maximum atomic E-state index is 10.3. The van der Waals surface area contributed by atoms with Crippen LogP contribution >= 0.6 is 0 Å². The van der Waals surface area contributed by atoms with Crippen LogP contribution in [0.15, 0.2) is 78.9 Å². The zero-order chi connectivity index (χ0) is 14.5. The molecule has 0 unspecified atom stereocenters. The SMILES string of the molecule is Oc1c(Oc2ccccc2)cccc1Oc1ccccc1. The van der Waals surface area contributed by atoms with Gasteiger partial charge in [-0.25, -0.2) is 0 Å². The standard InChI is InChI=1S/C18H14O3/c19-18-16(20-14-8-3-1-4-9-14)12-7-13-17(18)21-15-10-5-2-6-11-15/h1-13,19H. The average molecular weight is 278 g/mol. The normalized spacial score (nSPS) is 10.1. The van der Waals surface area contributed by atoms with E-state index < -0.39 is 0 Å². The van der Waals surface area contributed by atoms with E-state index in [1.807, 2.05) is 60.7 Å². The van der Waals surface area contributed by atoms with Gasteiger partial charge < -0.3 is 14.6 Å². The van der Waals surface area contributed by atoms with Gasteiger partial charge in [0, 0.05) is 0 Å². The Morgan fingerprint density at radius 3 is 1.38 bits per heavy atom. The molecule has 1 N–H and O–H groups in total. The molecule has 3 nitrogen and oxygen atoms in total. The zero-order valence-corrected chi connectivity index (χ0v) is 11.3. The van der Waals surface area contributed by atoms with Crippen LogP contribution in [-0.2, 0) is 0 Å². The molecule has 0 amide bonds. The van der Waals surface area contributed by atoms with Crippen LogP contribution in [0.3, 0.4) is 0 Å². The Hall–Kier alpha value is -2.94. The molecule has 104 valence electrons. The average Bonchev–Trinajstić information content (AvgIpc) is 2.53. The third-order valence-corrected chi connectivity index (χ3v) is 2.90. The Bertz CT molecular complexity index is 649. The molecular weight excluding hydrogens is 264 g/mol. The van der Waals surface area contributed by atoms with E-state index in [2.05, 4.69) is 0 Å². The maximum Gasteiger partial charge on any atom is 0.202 e. The Morgan fingerprint density at radius 2 is 0.952 bits per heavy atom. The summed E-state index contributed by atoms with van der Waals surface area (Å²) in [6, 6.07) is 23.8. The van der Waals surface area contributed by atoms with Crippen molar-refractivity contribution in [2.75, 3.05) is 0 Å². The third-order valence-electron chi connectivity index (χ3n) is 2.90. The topological polar surface area (TPSA) is 38.7 Å². The minimum atomic E-state index is -0.0230. The molecule has 0 saturated heterocycles. The fourth-order valence-electron chi connectivity index (χ4n) is 1.90. The van der Waals surface area contributed by atoms with Crippen molar-refractivity contribution >= 4 is 0 Å². The van der Waals surface area contributed by atoms with Crippen molar-refractivity contribution in [1.29, 1.82) is 0 Å². The van der Waals surface area contributed by atoms with Crippen molar-refractivity contribution in [2.24, 2.45) is 0 Å². The highest BCUT2D eigenvalue weighted by Crippen LogP contribution is 2.40. The molecule has 0 aliphatic rings. The van der Waals surface area contributed by atoms with Gasteiger partial charge in [0.25, 0.3) is 0 Å². The van der Waals surface area contributed by atoms with E-state index in [1.54, 1.807) is 18.2 Å². The summed E-state index contributed by atoms with van der Waals surface area (Å²) in [4.78, 5) is 0. The molecule has 0 heterocycles. The molecule has 0 fully saturated rings. The van der Waals surface area contributed by atoms with E-state index >= 15 is 0 Å². The summed E-state index contributed by atoms with van der Waals surface area (Å²) < 4.78 is 11.3. The number of hydrogen-bond acceptors (Lipinski definition) is 3. The highest BCUT2D eigenvalue weighted by atomic mass is 16.5. The molecule has 0 spiro atoms. The smallest absolute Gasteiger partial charge is 0.202 e. The molecule has 0 atom stereocenters. The highest BCUT2D eigenvalue weighted by Gasteiger charge is 2.11. The van der Waals surface area contributed by atoms with E-state index in [-0.39, 0.29) is 5.75 Å². The number of rotatable bonds is 4. The van der Waals surface area contributed by atoms with Gasteiger partial charge in [-0.3, -0.25) is 0 Å². The van der Waals surface area contributed by atoms with Gasteiger partial charge in [-0.15, -0.1) is 0 Å². The number of para-hydroxylation sites is 3. The largest absolute Gasteiger partial charge is 0.502 e. The first-order chi connectivity index (χ1) is 10.3. The van der Waals surface area contributed by atoms with Gasteiger partial charge in [0.15, 0.2) is 11.5 Å². The molecule has 3 rings (SSSR count). The van der Waals surface area contributed by atoms with Crippen LogP contribution in [-0.4, -0.2) is 5.11 Å². The van der Waals surface area contributed by atoms with E-state index in [0.29, 0.717) is 23.0 Å². The van der Waals surface area contributed by atoms with Crippen molar-refractivity contribution in [3.8, 4) is 28.7 Å². The summed E-state index contributed by atoms with van der Waals surface area (Å²) in [5.74, 6) is 2.00. The summed E-state index contributed by atoms with van der Waals surface area (Å²) in [5.41, 5.74) is 0. The van der Waals surface area contributed by atoms with Gasteiger partial charge in [-0.05, 0) is 36.4 Å². The van der Waals surface area contributed by atoms with Gasteiger partial charge in [0.1, 0.15) is 11.5 Å². The Labute approximate surface area is 123 Å². The fourth-order valence-corrected chi connectivity index (χ4v) is 1.90. The monoisotopic (exact) mass is 278 g/mol. The molecule has 0 saturated carbocycles. The lowest BCUT2D eigenvalue weighted by molar-refractivity contribution is 0.378. The lowest BCUT2D eigenvalue weighted by Crippen LogP contribution is -1.88. The molecule has 3 aromatic carbocycles. The first-order valence-electron chi connectivity index (χ1n) is 6.61. The minimum Gasteiger partial charge on any atom is -0.502 e. The van der Waals surface area contributed by atoms with Crippen molar-refractivity contribution in [1.82, 2.24) is 0 Å². The molecule has 3 aromatic rings. The minimum absolute atomic E-state index is 0.0230. The van der Waals surface area contributed by atoms with E-state index in [9.17, 15) is 5.11 Å². The predicted octanol–water partition coefficient (Wildman–Crippen LogP) is 4.98. The summed E-state index contributed by atoms with van der Waals surface area (Å²) in [6.07, 6.45) is 0. The van der Waals surface area contributed by atoms with Crippen LogP contribution in [0.5, 0.6) is 28.7 Å². The van der Waals surface area contributed by atoms with Gasteiger partial charge in [-0.2, -0.15) is 0 Å². The molecule has 0 aliphatic carbocycles. The quantitative estimate of drug-likeness (QED) is 0.731. The molecule has 0 aromatic heterocycles. The van der Waals surface area contributed by atoms with E-state index in [1.165, 1.54) is 0 Å². The van der Waals surface area contributed by atoms with Gasteiger partial charge in [0.2, 0.25) is 5.75 Å². The van der Waals surface area contributed by atoms with Gasteiger partial charge in [0.05, 0.1) is 0 Å². The molecular formula is C18H14O3. The first kappa shape index (κ1) is 13.1. The summed E-state index contributed by atoms with van der Waals surface area (Å²) in [6.45, 7) is 0. The lowest BCUT2D eigenvalue weighted by atomic mass is 10.3. The Balaban J connectivity index is 1.85. The number of benzene rings is 3.